The highest BCUT2D eigenvalue weighted by atomic mass is 16.5. The van der Waals surface area contributed by atoms with E-state index in [2.05, 4.69) is 5.32 Å². The molecule has 0 aliphatic heterocycles. The van der Waals surface area contributed by atoms with Gasteiger partial charge in [-0.3, -0.25) is 9.59 Å². The van der Waals surface area contributed by atoms with Crippen LogP contribution in [0.25, 0.3) is 0 Å². The molecule has 0 atom stereocenters. The molecule has 90 valence electrons. The van der Waals surface area contributed by atoms with Crippen molar-refractivity contribution in [3.05, 3.63) is 30.3 Å². The predicted octanol–water partition coefficient (Wildman–Crippen LogP) is 1.97. The predicted molar refractivity (Wildman–Crippen MR) is 63.4 cm³/mol. The second-order valence-electron chi connectivity index (χ2n) is 4.25. The summed E-state index contributed by atoms with van der Waals surface area (Å²) in [4.78, 5) is 23.8. The van der Waals surface area contributed by atoms with Crippen molar-refractivity contribution in [1.29, 1.82) is 0 Å². The van der Waals surface area contributed by atoms with E-state index in [-0.39, 0.29) is 5.91 Å². The van der Waals surface area contributed by atoms with Crippen LogP contribution in [0.3, 0.4) is 0 Å². The van der Waals surface area contributed by atoms with Gasteiger partial charge in [-0.15, -0.1) is 0 Å². The molecule has 1 aliphatic carbocycles. The van der Waals surface area contributed by atoms with Gasteiger partial charge in [-0.05, 0) is 25.0 Å². The van der Waals surface area contributed by atoms with Crippen molar-refractivity contribution in [3.8, 4) is 0 Å². The first-order valence-corrected chi connectivity index (χ1v) is 5.64. The van der Waals surface area contributed by atoms with Gasteiger partial charge in [0.25, 0.3) is 0 Å². The average molecular weight is 233 g/mol. The van der Waals surface area contributed by atoms with Crippen LogP contribution in [0.4, 0.5) is 5.69 Å². The number of carbonyl (C=O) groups is 2. The molecule has 0 radical (unpaired) electrons. The summed E-state index contributed by atoms with van der Waals surface area (Å²) in [6, 6.07) is 9.13. The zero-order valence-corrected chi connectivity index (χ0v) is 9.73. The molecule has 0 aromatic heterocycles. The Morgan fingerprint density at radius 2 is 1.88 bits per heavy atom. The maximum absolute atomic E-state index is 12.1. The first-order chi connectivity index (χ1) is 8.19. The summed E-state index contributed by atoms with van der Waals surface area (Å²) in [5, 5.41) is 2.76. The molecule has 1 saturated carbocycles. The molecule has 2 rings (SSSR count). The number of carbonyl (C=O) groups excluding carboxylic acids is 2. The lowest BCUT2D eigenvalue weighted by Gasteiger charge is -2.36. The largest absolute Gasteiger partial charge is 0.468 e. The molecule has 1 aromatic carbocycles. The molecule has 1 N–H and O–H groups in total. The van der Waals surface area contributed by atoms with Gasteiger partial charge in [-0.25, -0.2) is 0 Å². The van der Waals surface area contributed by atoms with Crippen LogP contribution in [0.1, 0.15) is 19.3 Å². The summed E-state index contributed by atoms with van der Waals surface area (Å²) in [6.45, 7) is 0. The third kappa shape index (κ3) is 2.02. The number of hydrogen-bond acceptors (Lipinski definition) is 3. The highest BCUT2D eigenvalue weighted by molar-refractivity contribution is 6.09. The molecular formula is C13H15NO3. The number of rotatable bonds is 3. The molecular weight excluding hydrogens is 218 g/mol. The van der Waals surface area contributed by atoms with Crippen LogP contribution in [-0.2, 0) is 14.3 Å². The number of nitrogens with one attached hydrogen (secondary N) is 1. The second-order valence-corrected chi connectivity index (χ2v) is 4.25. The van der Waals surface area contributed by atoms with Crippen LogP contribution in [0, 0.1) is 5.41 Å². The van der Waals surface area contributed by atoms with Crippen LogP contribution in [0.2, 0.25) is 0 Å². The van der Waals surface area contributed by atoms with Gasteiger partial charge in [-0.2, -0.15) is 0 Å². The highest BCUT2D eigenvalue weighted by Crippen LogP contribution is 2.42. The van der Waals surface area contributed by atoms with E-state index in [4.69, 9.17) is 4.74 Å². The molecule has 0 spiro atoms. The molecule has 1 fully saturated rings. The van der Waals surface area contributed by atoms with Crippen molar-refractivity contribution >= 4 is 17.6 Å². The van der Waals surface area contributed by atoms with Gasteiger partial charge in [0.05, 0.1) is 7.11 Å². The zero-order valence-electron chi connectivity index (χ0n) is 9.73. The van der Waals surface area contributed by atoms with E-state index < -0.39 is 11.4 Å². The topological polar surface area (TPSA) is 55.4 Å². The minimum atomic E-state index is -0.968. The van der Waals surface area contributed by atoms with Crippen molar-refractivity contribution in [2.75, 3.05) is 12.4 Å². The van der Waals surface area contributed by atoms with Crippen LogP contribution < -0.4 is 5.32 Å². The van der Waals surface area contributed by atoms with Gasteiger partial charge in [0.15, 0.2) is 0 Å². The van der Waals surface area contributed by atoms with Crippen molar-refractivity contribution < 1.29 is 14.3 Å². The van der Waals surface area contributed by atoms with E-state index >= 15 is 0 Å². The van der Waals surface area contributed by atoms with E-state index in [1.165, 1.54) is 7.11 Å². The lowest BCUT2D eigenvalue weighted by atomic mass is 9.68. The summed E-state index contributed by atoms with van der Waals surface area (Å²) in [5.74, 6) is -0.695. The summed E-state index contributed by atoms with van der Waals surface area (Å²) in [5.41, 5.74) is -0.266. The Bertz CT molecular complexity index is 424. The van der Waals surface area contributed by atoms with Crippen molar-refractivity contribution in [2.45, 2.75) is 19.3 Å². The third-order valence-electron chi connectivity index (χ3n) is 3.25. The van der Waals surface area contributed by atoms with Crippen molar-refractivity contribution in [3.63, 3.8) is 0 Å². The third-order valence-corrected chi connectivity index (χ3v) is 3.25. The zero-order chi connectivity index (χ0) is 12.3. The molecule has 0 unspecified atom stereocenters. The summed E-state index contributed by atoms with van der Waals surface area (Å²) >= 11 is 0. The Morgan fingerprint density at radius 1 is 1.24 bits per heavy atom. The number of para-hydroxylation sites is 1. The van der Waals surface area contributed by atoms with Gasteiger partial charge in [0, 0.05) is 5.69 Å². The monoisotopic (exact) mass is 233 g/mol. The van der Waals surface area contributed by atoms with Crippen LogP contribution >= 0.6 is 0 Å². The maximum Gasteiger partial charge on any atom is 0.321 e. The molecule has 17 heavy (non-hydrogen) atoms. The number of ether oxygens (including phenoxy) is 1. The van der Waals surface area contributed by atoms with Gasteiger partial charge in [0.1, 0.15) is 5.41 Å². The molecule has 1 aliphatic rings. The minimum Gasteiger partial charge on any atom is -0.468 e. The van der Waals surface area contributed by atoms with E-state index in [1.54, 1.807) is 12.1 Å². The van der Waals surface area contributed by atoms with Crippen molar-refractivity contribution in [1.82, 2.24) is 0 Å². The van der Waals surface area contributed by atoms with E-state index in [0.29, 0.717) is 18.5 Å². The van der Waals surface area contributed by atoms with Gasteiger partial charge >= 0.3 is 5.97 Å². The van der Waals surface area contributed by atoms with Gasteiger partial charge in [0.2, 0.25) is 5.91 Å². The number of anilines is 1. The van der Waals surface area contributed by atoms with E-state index in [1.807, 2.05) is 18.2 Å². The first-order valence-electron chi connectivity index (χ1n) is 5.64. The van der Waals surface area contributed by atoms with E-state index in [9.17, 15) is 9.59 Å². The number of esters is 1. The van der Waals surface area contributed by atoms with Crippen molar-refractivity contribution in [2.24, 2.45) is 5.41 Å². The van der Waals surface area contributed by atoms with Crippen LogP contribution in [0.5, 0.6) is 0 Å². The number of amides is 1. The Hall–Kier alpha value is -1.84. The van der Waals surface area contributed by atoms with Gasteiger partial charge < -0.3 is 10.1 Å². The lowest BCUT2D eigenvalue weighted by molar-refractivity contribution is -0.163. The summed E-state index contributed by atoms with van der Waals surface area (Å²) < 4.78 is 4.72. The Morgan fingerprint density at radius 3 is 2.35 bits per heavy atom. The molecule has 0 bridgehead atoms. The number of benzene rings is 1. The molecule has 4 heteroatoms. The smallest absolute Gasteiger partial charge is 0.321 e. The molecule has 1 aromatic rings. The fourth-order valence-corrected chi connectivity index (χ4v) is 2.02. The molecule has 1 amide bonds. The Labute approximate surface area is 100.0 Å². The minimum absolute atomic E-state index is 0.262. The first kappa shape index (κ1) is 11.6. The average Bonchev–Trinajstić information content (AvgIpc) is 2.28. The fourth-order valence-electron chi connectivity index (χ4n) is 2.02. The SMILES string of the molecule is COC(=O)C1(C(=O)Nc2ccccc2)CCC1. The number of methoxy groups -OCH3 is 1. The second kappa shape index (κ2) is 4.57. The highest BCUT2D eigenvalue weighted by Gasteiger charge is 2.51. The van der Waals surface area contributed by atoms with E-state index in [0.717, 1.165) is 6.42 Å². The summed E-state index contributed by atoms with van der Waals surface area (Å²) in [6.07, 6.45) is 2.02. The molecule has 0 heterocycles. The van der Waals surface area contributed by atoms with Crippen LogP contribution in [0.15, 0.2) is 30.3 Å². The maximum atomic E-state index is 12.1. The summed E-state index contributed by atoms with van der Waals surface area (Å²) in [7, 11) is 1.32. The van der Waals surface area contributed by atoms with Crippen LogP contribution in [-0.4, -0.2) is 19.0 Å². The van der Waals surface area contributed by atoms with Gasteiger partial charge in [-0.1, -0.05) is 24.6 Å². The standard InChI is InChI=1S/C13H15NO3/c1-17-12(16)13(8-5-9-13)11(15)14-10-6-3-2-4-7-10/h2-4,6-7H,5,8-9H2,1H3,(H,14,15). The quantitative estimate of drug-likeness (QED) is 0.641. The lowest BCUT2D eigenvalue weighted by Crippen LogP contribution is -2.48. The molecule has 0 saturated heterocycles. The normalized spacial score (nSPS) is 16.8. The Balaban J connectivity index is 2.11. The molecule has 4 nitrogen and oxygen atoms in total. The fraction of sp³-hybridized carbons (Fsp3) is 0.385. The Kier molecular flexibility index (Phi) is 3.13. The number of hydrogen-bond donors (Lipinski definition) is 1.